The average molecular weight is 215 g/mol. The first-order chi connectivity index (χ1) is 7.26. The molecule has 0 saturated carbocycles. The van der Waals surface area contributed by atoms with Gasteiger partial charge in [-0.2, -0.15) is 0 Å². The van der Waals surface area contributed by atoms with E-state index in [9.17, 15) is 0 Å². The largest absolute Gasteiger partial charge is 0.352 e. The van der Waals surface area contributed by atoms with Crippen LogP contribution in [0.15, 0.2) is 0 Å². The van der Waals surface area contributed by atoms with E-state index in [4.69, 9.17) is 9.47 Å². The molecule has 0 aliphatic carbocycles. The third kappa shape index (κ3) is 4.96. The van der Waals surface area contributed by atoms with Gasteiger partial charge in [-0.1, -0.05) is 6.92 Å². The zero-order valence-electron chi connectivity index (χ0n) is 10.4. The van der Waals surface area contributed by atoms with Gasteiger partial charge in [0.1, 0.15) is 0 Å². The molecule has 1 saturated heterocycles. The Morgan fingerprint density at radius 1 is 1.27 bits per heavy atom. The molecule has 0 aromatic carbocycles. The van der Waals surface area contributed by atoms with Crippen molar-refractivity contribution in [1.29, 1.82) is 0 Å². The number of hydrogen-bond acceptors (Lipinski definition) is 3. The molecular formula is C12H25NO2. The van der Waals surface area contributed by atoms with Gasteiger partial charge in [0.05, 0.1) is 0 Å². The molecule has 0 N–H and O–H groups in total. The number of hydrogen-bond donors (Lipinski definition) is 0. The fourth-order valence-corrected chi connectivity index (χ4v) is 2.19. The Bertz CT molecular complexity index is 155. The summed E-state index contributed by atoms with van der Waals surface area (Å²) in [6.45, 7) is 11.1. The van der Waals surface area contributed by atoms with E-state index >= 15 is 0 Å². The first-order valence-corrected chi connectivity index (χ1v) is 6.21. The Hall–Kier alpha value is -0.120. The van der Waals surface area contributed by atoms with Crippen LogP contribution in [0.5, 0.6) is 0 Å². The van der Waals surface area contributed by atoms with Gasteiger partial charge in [-0.25, -0.2) is 0 Å². The lowest BCUT2D eigenvalue weighted by Gasteiger charge is -2.33. The van der Waals surface area contributed by atoms with Gasteiger partial charge in [0.2, 0.25) is 0 Å². The molecule has 3 heteroatoms. The predicted octanol–water partition coefficient (Wildman–Crippen LogP) is 2.12. The van der Waals surface area contributed by atoms with Crippen LogP contribution in [0.3, 0.4) is 0 Å². The highest BCUT2D eigenvalue weighted by Crippen LogP contribution is 2.16. The second kappa shape index (κ2) is 7.20. The summed E-state index contributed by atoms with van der Waals surface area (Å²) >= 11 is 0. The molecule has 0 bridgehead atoms. The van der Waals surface area contributed by atoms with E-state index in [0.29, 0.717) is 0 Å². The summed E-state index contributed by atoms with van der Waals surface area (Å²) in [6.07, 6.45) is 2.64. The van der Waals surface area contributed by atoms with Gasteiger partial charge in [-0.05, 0) is 39.2 Å². The van der Waals surface area contributed by atoms with Crippen molar-refractivity contribution < 1.29 is 9.47 Å². The second-order valence-corrected chi connectivity index (χ2v) is 4.35. The smallest absolute Gasteiger partial charge is 0.170 e. The van der Waals surface area contributed by atoms with Crippen molar-refractivity contribution >= 4 is 0 Å². The molecular weight excluding hydrogens is 190 g/mol. The van der Waals surface area contributed by atoms with E-state index in [1.807, 2.05) is 13.8 Å². The molecule has 1 atom stereocenters. The van der Waals surface area contributed by atoms with Gasteiger partial charge in [0.25, 0.3) is 0 Å². The van der Waals surface area contributed by atoms with Crippen molar-refractivity contribution in [2.45, 2.75) is 39.9 Å². The topological polar surface area (TPSA) is 21.7 Å². The van der Waals surface area contributed by atoms with Crippen LogP contribution in [-0.4, -0.2) is 44.0 Å². The number of ether oxygens (including phenoxy) is 2. The van der Waals surface area contributed by atoms with E-state index in [-0.39, 0.29) is 6.29 Å². The minimum atomic E-state index is -0.0368. The molecule has 0 aromatic heterocycles. The Morgan fingerprint density at radius 2 is 1.93 bits per heavy atom. The normalized spacial score (nSPS) is 23.6. The molecule has 1 fully saturated rings. The van der Waals surface area contributed by atoms with E-state index in [1.165, 1.54) is 25.9 Å². The Kier molecular flexibility index (Phi) is 6.22. The van der Waals surface area contributed by atoms with Crippen LogP contribution < -0.4 is 0 Å². The quantitative estimate of drug-likeness (QED) is 0.633. The maximum atomic E-state index is 5.56. The summed E-state index contributed by atoms with van der Waals surface area (Å²) < 4.78 is 11.1. The molecule has 1 rings (SSSR count). The minimum absolute atomic E-state index is 0.0368. The van der Waals surface area contributed by atoms with E-state index in [2.05, 4.69) is 11.8 Å². The van der Waals surface area contributed by atoms with Crippen molar-refractivity contribution in [3.05, 3.63) is 0 Å². The first-order valence-electron chi connectivity index (χ1n) is 6.21. The van der Waals surface area contributed by atoms with Gasteiger partial charge in [0.15, 0.2) is 6.29 Å². The zero-order valence-corrected chi connectivity index (χ0v) is 10.4. The molecule has 15 heavy (non-hydrogen) atoms. The minimum Gasteiger partial charge on any atom is -0.352 e. The molecule has 1 aliphatic heterocycles. The highest BCUT2D eigenvalue weighted by molar-refractivity contribution is 4.70. The summed E-state index contributed by atoms with van der Waals surface area (Å²) in [4.78, 5) is 2.46. The number of nitrogens with zero attached hydrogens (tertiary/aromatic N) is 1. The molecule has 0 aromatic rings. The van der Waals surface area contributed by atoms with Crippen LogP contribution in [0.25, 0.3) is 0 Å². The molecule has 0 radical (unpaired) electrons. The number of likely N-dealkylation sites (tertiary alicyclic amines) is 1. The fourth-order valence-electron chi connectivity index (χ4n) is 2.19. The second-order valence-electron chi connectivity index (χ2n) is 4.35. The van der Waals surface area contributed by atoms with Crippen molar-refractivity contribution in [2.24, 2.45) is 5.92 Å². The SMILES string of the molecule is CCOC(CN1CCCC(C)C1)OCC. The van der Waals surface area contributed by atoms with Crippen LogP contribution in [-0.2, 0) is 9.47 Å². The number of piperidine rings is 1. The van der Waals surface area contributed by atoms with Crippen molar-refractivity contribution in [2.75, 3.05) is 32.8 Å². The van der Waals surface area contributed by atoms with Crippen molar-refractivity contribution in [3.63, 3.8) is 0 Å². The monoisotopic (exact) mass is 215 g/mol. The fraction of sp³-hybridized carbons (Fsp3) is 1.00. The third-order valence-corrected chi connectivity index (χ3v) is 2.85. The molecule has 1 unspecified atom stereocenters. The lowest BCUT2D eigenvalue weighted by molar-refractivity contribution is -0.149. The summed E-state index contributed by atoms with van der Waals surface area (Å²) in [6, 6.07) is 0. The van der Waals surface area contributed by atoms with Gasteiger partial charge in [-0.15, -0.1) is 0 Å². The zero-order chi connectivity index (χ0) is 11.1. The summed E-state index contributed by atoms with van der Waals surface area (Å²) in [5.74, 6) is 0.822. The first kappa shape index (κ1) is 12.9. The Balaban J connectivity index is 2.28. The molecule has 1 aliphatic rings. The molecule has 0 spiro atoms. The average Bonchev–Trinajstić information content (AvgIpc) is 2.18. The predicted molar refractivity (Wildman–Crippen MR) is 61.9 cm³/mol. The third-order valence-electron chi connectivity index (χ3n) is 2.85. The van der Waals surface area contributed by atoms with Crippen LogP contribution in [0.1, 0.15) is 33.6 Å². The van der Waals surface area contributed by atoms with Crippen molar-refractivity contribution in [1.82, 2.24) is 4.90 Å². The Morgan fingerprint density at radius 3 is 2.47 bits per heavy atom. The van der Waals surface area contributed by atoms with E-state index in [0.717, 1.165) is 25.7 Å². The van der Waals surface area contributed by atoms with Gasteiger partial charge in [-0.3, -0.25) is 4.90 Å². The molecule has 0 amide bonds. The lowest BCUT2D eigenvalue weighted by atomic mass is 10.0. The highest BCUT2D eigenvalue weighted by Gasteiger charge is 2.20. The molecule has 3 nitrogen and oxygen atoms in total. The highest BCUT2D eigenvalue weighted by atomic mass is 16.7. The summed E-state index contributed by atoms with van der Waals surface area (Å²) in [7, 11) is 0. The van der Waals surface area contributed by atoms with Gasteiger partial charge in [0, 0.05) is 26.3 Å². The summed E-state index contributed by atoms with van der Waals surface area (Å²) in [5.41, 5.74) is 0. The van der Waals surface area contributed by atoms with Gasteiger partial charge < -0.3 is 9.47 Å². The molecule has 1 heterocycles. The van der Waals surface area contributed by atoms with E-state index in [1.54, 1.807) is 0 Å². The lowest BCUT2D eigenvalue weighted by Crippen LogP contribution is -2.41. The maximum Gasteiger partial charge on any atom is 0.170 e. The standard InChI is InChI=1S/C12H25NO2/c1-4-14-12(15-5-2)10-13-8-6-7-11(3)9-13/h11-12H,4-10H2,1-3H3. The van der Waals surface area contributed by atoms with Crippen LogP contribution in [0, 0.1) is 5.92 Å². The Labute approximate surface area is 93.7 Å². The van der Waals surface area contributed by atoms with Crippen LogP contribution in [0.4, 0.5) is 0 Å². The molecule has 90 valence electrons. The number of rotatable bonds is 6. The van der Waals surface area contributed by atoms with Crippen LogP contribution in [0.2, 0.25) is 0 Å². The van der Waals surface area contributed by atoms with Crippen molar-refractivity contribution in [3.8, 4) is 0 Å². The maximum absolute atomic E-state index is 5.56. The van der Waals surface area contributed by atoms with E-state index < -0.39 is 0 Å². The van der Waals surface area contributed by atoms with Crippen LogP contribution >= 0.6 is 0 Å². The summed E-state index contributed by atoms with van der Waals surface area (Å²) in [5, 5.41) is 0. The van der Waals surface area contributed by atoms with Gasteiger partial charge >= 0.3 is 0 Å².